The van der Waals surface area contributed by atoms with Crippen molar-refractivity contribution in [3.63, 3.8) is 0 Å². The standard InChI is InChI=1S/CH3N.CH3.2Al.3H/c1-2;;;;;;/h2H,1H2;1H3;;;;;/q-1;;;+1;;;. The molecule has 1 N–H and O–H groups in total. The largest absolute Gasteiger partial charge is 0.416 e. The predicted molar refractivity (Wildman–Crippen MR) is 29.6 cm³/mol. The van der Waals surface area contributed by atoms with Crippen LogP contribution in [0.5, 0.6) is 0 Å². The van der Waals surface area contributed by atoms with E-state index in [-0.39, 0.29) is 0 Å². The van der Waals surface area contributed by atoms with Crippen LogP contribution in [0.3, 0.4) is 0 Å². The Hall–Kier alpha value is 1.02. The van der Waals surface area contributed by atoms with Crippen molar-refractivity contribution in [2.24, 2.45) is 0 Å². The smallest absolute Gasteiger partial charge is 0.317 e. The molecule has 0 aromatic carbocycles. The third-order valence-corrected chi connectivity index (χ3v) is 3.00. The van der Waals surface area contributed by atoms with E-state index in [1.807, 2.05) is 0 Å². The molecule has 0 unspecified atom stereocenters. The molecule has 0 bridgehead atoms. The molecule has 0 amide bonds. The molecule has 0 aliphatic rings. The zero-order valence-corrected chi connectivity index (χ0v) is 7.33. The highest BCUT2D eigenvalue weighted by atomic mass is 27.1. The number of rotatable bonds is 2. The van der Waals surface area contributed by atoms with Crippen LogP contribution in [-0.2, 0) is 0 Å². The van der Waals surface area contributed by atoms with Crippen LogP contribution in [0.4, 0.5) is 0 Å². The molecule has 0 fully saturated rings. The summed E-state index contributed by atoms with van der Waals surface area (Å²) in [6, 6.07) is 0. The maximum absolute atomic E-state index is 3.22. The van der Waals surface area contributed by atoms with E-state index in [0.717, 1.165) is 0 Å². The van der Waals surface area contributed by atoms with E-state index < -0.39 is 0 Å². The summed E-state index contributed by atoms with van der Waals surface area (Å²) < 4.78 is 3.22. The molecule has 0 atom stereocenters. The highest BCUT2D eigenvalue weighted by molar-refractivity contribution is 6.34. The zero-order chi connectivity index (χ0) is 4.12. The van der Waals surface area contributed by atoms with Crippen molar-refractivity contribution in [2.45, 2.75) is 5.79 Å². The van der Waals surface area contributed by atoms with E-state index in [1.54, 1.807) is 0 Å². The Kier molecular flexibility index (Phi) is 6.05. The average Bonchev–Trinajstić information content (AvgIpc) is 1.41. The maximum atomic E-state index is 3.22. The predicted octanol–water partition coefficient (Wildman–Crippen LogP) is -1.43. The second-order valence-electron chi connectivity index (χ2n) is 1.10. The van der Waals surface area contributed by atoms with Gasteiger partial charge in [-0.15, -0.1) is 5.79 Å². The van der Waals surface area contributed by atoms with Crippen molar-refractivity contribution >= 4 is 31.7 Å². The third kappa shape index (κ3) is 5.02. The fraction of sp³-hybridized carbons (Fsp3) is 1.00. The van der Waals surface area contributed by atoms with Crippen molar-refractivity contribution < 1.29 is 0 Å². The normalized spacial score (nSPS) is 7.40. The van der Waals surface area contributed by atoms with Gasteiger partial charge in [0.2, 0.25) is 0 Å². The van der Waals surface area contributed by atoms with Gasteiger partial charge in [0.05, 0.1) is 0 Å². The Morgan fingerprint density at radius 1 is 2.00 bits per heavy atom. The van der Waals surface area contributed by atoms with Gasteiger partial charge in [-0.25, -0.2) is 0 Å². The van der Waals surface area contributed by atoms with Crippen molar-refractivity contribution in [3.05, 3.63) is 0 Å². The van der Waals surface area contributed by atoms with Crippen LogP contribution >= 0.6 is 0 Å². The second-order valence-corrected chi connectivity index (χ2v) is 3.31. The Balaban J connectivity index is 2.19. The third-order valence-electron chi connectivity index (χ3n) is 0.500. The number of hydrogen-bond acceptors (Lipinski definition) is 1. The molecule has 0 aromatic rings. The van der Waals surface area contributed by atoms with Gasteiger partial charge in [0.1, 0.15) is 0 Å². The lowest BCUT2D eigenvalue weighted by Crippen LogP contribution is -2.13. The van der Waals surface area contributed by atoms with Crippen LogP contribution in [0.25, 0.3) is 0 Å². The van der Waals surface area contributed by atoms with Crippen molar-refractivity contribution in [2.75, 3.05) is 5.41 Å². The second kappa shape index (κ2) is 5.02. The topological polar surface area (TPSA) is 12.0 Å². The highest BCUT2D eigenvalue weighted by Gasteiger charge is 1.72. The molecule has 0 saturated carbocycles. The zero-order valence-electron chi connectivity index (χ0n) is 3.91. The van der Waals surface area contributed by atoms with Gasteiger partial charge in [0, 0.05) is 0 Å². The van der Waals surface area contributed by atoms with Crippen LogP contribution in [-0.4, -0.2) is 37.1 Å². The van der Waals surface area contributed by atoms with Crippen LogP contribution < -0.4 is 4.30 Å². The summed E-state index contributed by atoms with van der Waals surface area (Å²) in [5.74, 6) is 2.31. The molecule has 0 rings (SSSR count). The molecular formula is C2H9Al2N. The number of nitrogens with one attached hydrogen (secondary N) is 1. The van der Waals surface area contributed by atoms with Gasteiger partial charge in [0.15, 0.2) is 0 Å². The van der Waals surface area contributed by atoms with Gasteiger partial charge in [0.25, 0.3) is 15.2 Å². The first-order valence-corrected chi connectivity index (χ1v) is 5.47. The van der Waals surface area contributed by atoms with Crippen molar-refractivity contribution in [1.82, 2.24) is 4.30 Å². The summed E-state index contributed by atoms with van der Waals surface area (Å²) in [4.78, 5) is 0. The fourth-order valence-electron chi connectivity index (χ4n) is 0.250. The Bertz CT molecular complexity index is 15.1. The molecule has 3 heteroatoms. The molecule has 0 heterocycles. The van der Waals surface area contributed by atoms with E-state index >= 15 is 0 Å². The SMILES string of the molecule is [CH3][AlH][CH2][NH][AlH2]. The molecule has 0 aliphatic carbocycles. The van der Waals surface area contributed by atoms with E-state index in [9.17, 15) is 0 Å². The van der Waals surface area contributed by atoms with Gasteiger partial charge >= 0.3 is 16.5 Å². The van der Waals surface area contributed by atoms with Gasteiger partial charge in [-0.3, -0.25) is 0 Å². The first kappa shape index (κ1) is 6.02. The van der Waals surface area contributed by atoms with E-state index in [4.69, 9.17) is 0 Å². The van der Waals surface area contributed by atoms with Crippen LogP contribution in [0.1, 0.15) is 0 Å². The fourth-order valence-corrected chi connectivity index (χ4v) is 2.25. The average molecular weight is 101 g/mol. The lowest BCUT2D eigenvalue weighted by molar-refractivity contribution is 1.19. The van der Waals surface area contributed by atoms with Crippen molar-refractivity contribution in [3.8, 4) is 0 Å². The Morgan fingerprint density at radius 2 is 2.60 bits per heavy atom. The summed E-state index contributed by atoms with van der Waals surface area (Å²) in [5.41, 5.74) is 0. The molecule has 0 radical (unpaired) electrons. The monoisotopic (exact) mass is 101 g/mol. The summed E-state index contributed by atoms with van der Waals surface area (Å²) >= 11 is 1.52. The number of hydrogen-bond donors (Lipinski definition) is 1. The molecule has 0 spiro atoms. The summed E-state index contributed by atoms with van der Waals surface area (Å²) in [6.07, 6.45) is 0. The van der Waals surface area contributed by atoms with Crippen LogP contribution in [0.15, 0.2) is 0 Å². The van der Waals surface area contributed by atoms with E-state index in [1.165, 1.54) is 21.9 Å². The quantitative estimate of drug-likeness (QED) is 0.420. The van der Waals surface area contributed by atoms with Crippen LogP contribution in [0, 0.1) is 0 Å². The van der Waals surface area contributed by atoms with Gasteiger partial charge in [-0.05, 0) is 0 Å². The minimum absolute atomic E-state index is 0.338. The Labute approximate surface area is 47.5 Å². The molecule has 5 heavy (non-hydrogen) atoms. The molecule has 28 valence electrons. The maximum Gasteiger partial charge on any atom is 0.317 e. The van der Waals surface area contributed by atoms with Crippen LogP contribution in [0.2, 0.25) is 5.79 Å². The summed E-state index contributed by atoms with van der Waals surface area (Å²) in [7, 11) is 0. The first-order valence-electron chi connectivity index (χ1n) is 2.06. The van der Waals surface area contributed by atoms with Gasteiger partial charge in [-0.1, -0.05) is 5.41 Å². The van der Waals surface area contributed by atoms with Crippen molar-refractivity contribution in [1.29, 1.82) is 0 Å². The van der Waals surface area contributed by atoms with Gasteiger partial charge in [-0.2, -0.15) is 0 Å². The molecule has 0 saturated heterocycles. The molecular weight excluding hydrogens is 92.0 g/mol. The Morgan fingerprint density at radius 3 is 2.60 bits per heavy atom. The summed E-state index contributed by atoms with van der Waals surface area (Å²) in [5, 5.41) is 1.34. The lowest BCUT2D eigenvalue weighted by Gasteiger charge is -1.82. The van der Waals surface area contributed by atoms with E-state index in [0.29, 0.717) is 15.2 Å². The molecule has 0 aromatic heterocycles. The highest BCUT2D eigenvalue weighted by Crippen LogP contribution is 1.43. The minimum Gasteiger partial charge on any atom is -0.416 e. The van der Waals surface area contributed by atoms with Gasteiger partial charge < -0.3 is 4.30 Å². The molecule has 0 aliphatic heterocycles. The first-order chi connectivity index (χ1) is 2.41. The lowest BCUT2D eigenvalue weighted by atomic mass is 11.5. The minimum atomic E-state index is 0.338. The molecule has 1 nitrogen and oxygen atoms in total. The summed E-state index contributed by atoms with van der Waals surface area (Å²) in [6.45, 7) is 0. The van der Waals surface area contributed by atoms with E-state index in [2.05, 4.69) is 10.1 Å².